The number of aryl methyl sites for hydroxylation is 1. The number of hydrogen-bond donors (Lipinski definition) is 2. The van der Waals surface area contributed by atoms with Crippen LogP contribution < -0.4 is 5.73 Å². The number of aromatic hydroxyl groups is 1. The van der Waals surface area contributed by atoms with Crippen molar-refractivity contribution >= 4 is 16.6 Å². The molecule has 0 bridgehead atoms. The molecule has 2 aromatic rings. The van der Waals surface area contributed by atoms with Gasteiger partial charge in [-0.25, -0.2) is 4.98 Å². The van der Waals surface area contributed by atoms with Crippen LogP contribution >= 0.6 is 0 Å². The maximum Gasteiger partial charge on any atom is 0.141 e. The number of nitrogens with zero attached hydrogens (tertiary/aromatic N) is 1. The van der Waals surface area contributed by atoms with Crippen LogP contribution in [-0.2, 0) is 6.42 Å². The number of phenolic OH excluding ortho intramolecular Hbond substituents is 1. The minimum absolute atomic E-state index is 0.206. The molecule has 2 rings (SSSR count). The molecule has 0 unspecified atom stereocenters. The molecule has 0 amide bonds. The summed E-state index contributed by atoms with van der Waals surface area (Å²) in [5.74, 6) is 0.206. The molecule has 0 saturated carbocycles. The standard InChI is InChI=1S/C11H12N2O/c1-2-9-8(12)6-7-4-3-5-10(14)11(7)13-9/h3-6,14H,2,12H2,1H3. The number of para-hydroxylation sites is 1. The minimum Gasteiger partial charge on any atom is -0.506 e. The molecule has 0 spiro atoms. The molecule has 0 saturated heterocycles. The highest BCUT2D eigenvalue weighted by Crippen LogP contribution is 2.25. The molecule has 1 aromatic carbocycles. The lowest BCUT2D eigenvalue weighted by Crippen LogP contribution is -1.96. The number of pyridine rings is 1. The third-order valence-corrected chi connectivity index (χ3v) is 2.27. The average molecular weight is 188 g/mol. The predicted molar refractivity (Wildman–Crippen MR) is 57.2 cm³/mol. The van der Waals surface area contributed by atoms with Crippen molar-refractivity contribution in [2.24, 2.45) is 0 Å². The second-order valence-corrected chi connectivity index (χ2v) is 3.23. The number of aromatic nitrogens is 1. The number of phenols is 1. The summed E-state index contributed by atoms with van der Waals surface area (Å²) in [6.07, 6.45) is 0.774. The molecule has 3 nitrogen and oxygen atoms in total. The van der Waals surface area contributed by atoms with Crippen LogP contribution in [0.25, 0.3) is 10.9 Å². The maximum atomic E-state index is 9.58. The number of hydrogen-bond acceptors (Lipinski definition) is 3. The number of anilines is 1. The van der Waals surface area contributed by atoms with E-state index >= 15 is 0 Å². The topological polar surface area (TPSA) is 59.1 Å². The summed E-state index contributed by atoms with van der Waals surface area (Å²) >= 11 is 0. The Morgan fingerprint density at radius 2 is 2.21 bits per heavy atom. The minimum atomic E-state index is 0.206. The van der Waals surface area contributed by atoms with Gasteiger partial charge >= 0.3 is 0 Å². The Labute approximate surface area is 82.2 Å². The monoisotopic (exact) mass is 188 g/mol. The van der Waals surface area contributed by atoms with E-state index in [0.29, 0.717) is 11.2 Å². The van der Waals surface area contributed by atoms with Gasteiger partial charge in [-0.05, 0) is 18.6 Å². The Bertz CT molecular complexity index is 480. The van der Waals surface area contributed by atoms with Crippen LogP contribution in [0.4, 0.5) is 5.69 Å². The van der Waals surface area contributed by atoms with Gasteiger partial charge in [0, 0.05) is 5.39 Å². The number of benzene rings is 1. The molecule has 0 aliphatic carbocycles. The lowest BCUT2D eigenvalue weighted by Gasteiger charge is -2.05. The third-order valence-electron chi connectivity index (χ3n) is 2.27. The zero-order chi connectivity index (χ0) is 10.1. The number of nitrogens with two attached hydrogens (primary N) is 1. The van der Waals surface area contributed by atoms with Crippen molar-refractivity contribution in [3.8, 4) is 5.75 Å². The molecule has 72 valence electrons. The normalized spacial score (nSPS) is 10.6. The Balaban J connectivity index is 2.80. The molecule has 14 heavy (non-hydrogen) atoms. The maximum absolute atomic E-state index is 9.58. The summed E-state index contributed by atoms with van der Waals surface area (Å²) in [6, 6.07) is 7.15. The van der Waals surface area contributed by atoms with Crippen molar-refractivity contribution in [3.05, 3.63) is 30.0 Å². The van der Waals surface area contributed by atoms with E-state index in [9.17, 15) is 5.11 Å². The summed E-state index contributed by atoms with van der Waals surface area (Å²) in [5.41, 5.74) is 7.94. The van der Waals surface area contributed by atoms with Crippen LogP contribution in [-0.4, -0.2) is 10.1 Å². The van der Waals surface area contributed by atoms with Crippen molar-refractivity contribution in [1.29, 1.82) is 0 Å². The first-order valence-corrected chi connectivity index (χ1v) is 4.59. The van der Waals surface area contributed by atoms with E-state index < -0.39 is 0 Å². The zero-order valence-electron chi connectivity index (χ0n) is 7.99. The van der Waals surface area contributed by atoms with Gasteiger partial charge in [-0.1, -0.05) is 19.1 Å². The highest BCUT2D eigenvalue weighted by atomic mass is 16.3. The van der Waals surface area contributed by atoms with Gasteiger partial charge in [0.1, 0.15) is 11.3 Å². The van der Waals surface area contributed by atoms with Gasteiger partial charge in [-0.3, -0.25) is 0 Å². The molecule has 3 N–H and O–H groups in total. The predicted octanol–water partition coefficient (Wildman–Crippen LogP) is 2.08. The quantitative estimate of drug-likeness (QED) is 0.720. The number of rotatable bonds is 1. The summed E-state index contributed by atoms with van der Waals surface area (Å²) in [5, 5.41) is 10.5. The van der Waals surface area contributed by atoms with Gasteiger partial charge < -0.3 is 10.8 Å². The molecule has 1 aromatic heterocycles. The Morgan fingerprint density at radius 3 is 2.93 bits per heavy atom. The number of fused-ring (bicyclic) bond motifs is 1. The molecule has 0 aliphatic rings. The smallest absolute Gasteiger partial charge is 0.141 e. The van der Waals surface area contributed by atoms with Crippen molar-refractivity contribution in [2.75, 3.05) is 5.73 Å². The largest absolute Gasteiger partial charge is 0.506 e. The van der Waals surface area contributed by atoms with E-state index in [4.69, 9.17) is 5.73 Å². The molecule has 1 heterocycles. The fourth-order valence-corrected chi connectivity index (χ4v) is 1.52. The molecule has 0 radical (unpaired) electrons. The summed E-state index contributed by atoms with van der Waals surface area (Å²) < 4.78 is 0. The van der Waals surface area contributed by atoms with Crippen molar-refractivity contribution in [2.45, 2.75) is 13.3 Å². The molecule has 3 heteroatoms. The van der Waals surface area contributed by atoms with Crippen LogP contribution in [0.5, 0.6) is 5.75 Å². The molecular formula is C11H12N2O. The fraction of sp³-hybridized carbons (Fsp3) is 0.182. The van der Waals surface area contributed by atoms with Gasteiger partial charge in [-0.15, -0.1) is 0 Å². The first kappa shape index (κ1) is 8.81. The van der Waals surface area contributed by atoms with Gasteiger partial charge in [0.05, 0.1) is 11.4 Å². The molecular weight excluding hydrogens is 176 g/mol. The van der Waals surface area contributed by atoms with E-state index in [2.05, 4.69) is 4.98 Å². The lowest BCUT2D eigenvalue weighted by molar-refractivity contribution is 0.480. The van der Waals surface area contributed by atoms with E-state index in [1.165, 1.54) is 0 Å². The zero-order valence-corrected chi connectivity index (χ0v) is 7.99. The van der Waals surface area contributed by atoms with Gasteiger partial charge in [0.15, 0.2) is 0 Å². The first-order valence-electron chi connectivity index (χ1n) is 4.59. The van der Waals surface area contributed by atoms with Crippen LogP contribution in [0, 0.1) is 0 Å². The van der Waals surface area contributed by atoms with E-state index in [0.717, 1.165) is 17.5 Å². The fourth-order valence-electron chi connectivity index (χ4n) is 1.52. The van der Waals surface area contributed by atoms with Crippen LogP contribution in [0.2, 0.25) is 0 Å². The Morgan fingerprint density at radius 1 is 1.43 bits per heavy atom. The van der Waals surface area contributed by atoms with E-state index in [1.807, 2.05) is 19.1 Å². The van der Waals surface area contributed by atoms with Crippen LogP contribution in [0.15, 0.2) is 24.3 Å². The lowest BCUT2D eigenvalue weighted by atomic mass is 10.1. The van der Waals surface area contributed by atoms with E-state index in [-0.39, 0.29) is 5.75 Å². The Hall–Kier alpha value is -1.77. The average Bonchev–Trinajstić information content (AvgIpc) is 2.17. The summed E-state index contributed by atoms with van der Waals surface area (Å²) in [4.78, 5) is 4.32. The van der Waals surface area contributed by atoms with Crippen LogP contribution in [0.1, 0.15) is 12.6 Å². The van der Waals surface area contributed by atoms with E-state index in [1.54, 1.807) is 12.1 Å². The van der Waals surface area contributed by atoms with Gasteiger partial charge in [0.25, 0.3) is 0 Å². The molecule has 0 atom stereocenters. The Kier molecular flexibility index (Phi) is 2.00. The van der Waals surface area contributed by atoms with Crippen molar-refractivity contribution in [3.63, 3.8) is 0 Å². The second-order valence-electron chi connectivity index (χ2n) is 3.23. The highest BCUT2D eigenvalue weighted by molar-refractivity contribution is 5.86. The summed E-state index contributed by atoms with van der Waals surface area (Å²) in [7, 11) is 0. The molecule has 0 aliphatic heterocycles. The SMILES string of the molecule is CCc1nc2c(O)cccc2cc1N. The van der Waals surface area contributed by atoms with Crippen molar-refractivity contribution in [1.82, 2.24) is 4.98 Å². The number of nitrogen functional groups attached to an aromatic ring is 1. The second kappa shape index (κ2) is 3.18. The van der Waals surface area contributed by atoms with Crippen molar-refractivity contribution < 1.29 is 5.11 Å². The molecule has 0 fully saturated rings. The highest BCUT2D eigenvalue weighted by Gasteiger charge is 2.04. The van der Waals surface area contributed by atoms with Crippen LogP contribution in [0.3, 0.4) is 0 Å². The third kappa shape index (κ3) is 1.27. The van der Waals surface area contributed by atoms with Gasteiger partial charge in [-0.2, -0.15) is 0 Å². The summed E-state index contributed by atoms with van der Waals surface area (Å²) in [6.45, 7) is 1.99. The van der Waals surface area contributed by atoms with Gasteiger partial charge in [0.2, 0.25) is 0 Å². The first-order chi connectivity index (χ1) is 6.72.